The molecule has 3 fully saturated rings. The maximum atomic E-state index is 12.4. The third-order valence-electron chi connectivity index (χ3n) is 5.44. The van der Waals surface area contributed by atoms with Gasteiger partial charge >= 0.3 is 5.97 Å². The van der Waals surface area contributed by atoms with Crippen LogP contribution in [0.3, 0.4) is 0 Å². The molecule has 3 rings (SSSR count). The minimum atomic E-state index is -0.949. The minimum Gasteiger partial charge on any atom is -0.480 e. The highest BCUT2D eigenvalue weighted by atomic mass is 32.2. The van der Waals surface area contributed by atoms with Gasteiger partial charge in [-0.25, -0.2) is 4.79 Å². The first-order chi connectivity index (χ1) is 13.3. The van der Waals surface area contributed by atoms with E-state index in [1.165, 1.54) is 16.7 Å². The molecule has 0 aromatic rings. The molecular weight excluding hydrogens is 400 g/mol. The van der Waals surface area contributed by atoms with E-state index in [4.69, 9.17) is 5.53 Å². The number of hydrogen-bond acceptors (Lipinski definition) is 6. The number of likely N-dealkylation sites (tertiary alicyclic amines) is 1. The van der Waals surface area contributed by atoms with Crippen LogP contribution in [0.4, 0.5) is 0 Å². The maximum Gasteiger partial charge on any atom is 0.327 e. The molecule has 0 bridgehead atoms. The van der Waals surface area contributed by atoms with Crippen molar-refractivity contribution in [3.05, 3.63) is 10.4 Å². The van der Waals surface area contributed by atoms with Crippen molar-refractivity contribution >= 4 is 41.7 Å². The summed E-state index contributed by atoms with van der Waals surface area (Å²) in [5.41, 5.74) is 8.26. The van der Waals surface area contributed by atoms with E-state index in [1.54, 1.807) is 6.34 Å². The van der Waals surface area contributed by atoms with Gasteiger partial charge < -0.3 is 14.9 Å². The zero-order chi connectivity index (χ0) is 20.3. The van der Waals surface area contributed by atoms with Crippen LogP contribution in [0.2, 0.25) is 0 Å². The van der Waals surface area contributed by atoms with Crippen molar-refractivity contribution in [1.82, 2.24) is 9.80 Å². The predicted octanol–water partition coefficient (Wildman–Crippen LogP) is 2.29. The Morgan fingerprint density at radius 2 is 2.18 bits per heavy atom. The Morgan fingerprint density at radius 1 is 1.46 bits per heavy atom. The van der Waals surface area contributed by atoms with Crippen molar-refractivity contribution in [2.45, 2.75) is 48.9 Å². The first kappa shape index (κ1) is 21.1. The number of rotatable bonds is 8. The van der Waals surface area contributed by atoms with Crippen molar-refractivity contribution in [2.75, 3.05) is 31.1 Å². The lowest BCUT2D eigenvalue weighted by Crippen LogP contribution is -2.65. The monoisotopic (exact) mass is 426 g/mol. The molecule has 1 N–H and O–H groups in total. The summed E-state index contributed by atoms with van der Waals surface area (Å²) in [5.74, 6) is 1.46. The number of azide groups is 1. The van der Waals surface area contributed by atoms with Crippen molar-refractivity contribution in [3.63, 3.8) is 0 Å². The number of carboxylic acids is 1. The Labute approximate surface area is 172 Å². The predicted molar refractivity (Wildman–Crippen MR) is 112 cm³/mol. The van der Waals surface area contributed by atoms with Crippen molar-refractivity contribution in [3.8, 4) is 0 Å². The summed E-state index contributed by atoms with van der Waals surface area (Å²) in [5, 5.41) is 12.8. The number of carbonyl (C=O) groups is 2. The second kappa shape index (κ2) is 8.84. The van der Waals surface area contributed by atoms with Crippen LogP contribution in [0.1, 0.15) is 26.7 Å². The van der Waals surface area contributed by atoms with Crippen LogP contribution in [0.15, 0.2) is 10.1 Å². The summed E-state index contributed by atoms with van der Waals surface area (Å²) >= 11 is 3.35. The molecule has 154 valence electrons. The molecule has 3 saturated heterocycles. The lowest BCUT2D eigenvalue weighted by Gasteiger charge is -2.41. The van der Waals surface area contributed by atoms with Crippen molar-refractivity contribution in [1.29, 1.82) is 0 Å². The molecule has 3 heterocycles. The summed E-state index contributed by atoms with van der Waals surface area (Å²) in [4.78, 5) is 34.9. The summed E-state index contributed by atoms with van der Waals surface area (Å²) in [7, 11) is 0. The number of carboxylic acid groups (broad SMARTS) is 1. The van der Waals surface area contributed by atoms with Crippen LogP contribution < -0.4 is 0 Å². The molecule has 0 aromatic heterocycles. The van der Waals surface area contributed by atoms with E-state index in [-0.39, 0.29) is 11.3 Å². The van der Waals surface area contributed by atoms with Crippen molar-refractivity contribution in [2.24, 2.45) is 16.0 Å². The van der Waals surface area contributed by atoms with E-state index >= 15 is 0 Å². The van der Waals surface area contributed by atoms with Gasteiger partial charge in [-0.1, -0.05) is 5.11 Å². The molecule has 9 nitrogen and oxygen atoms in total. The molecule has 3 aliphatic heterocycles. The summed E-state index contributed by atoms with van der Waals surface area (Å²) in [6.45, 7) is 6.11. The summed E-state index contributed by atoms with van der Waals surface area (Å²) < 4.78 is -0.509. The molecule has 0 unspecified atom stereocenters. The molecule has 0 saturated carbocycles. The second-order valence-electron chi connectivity index (χ2n) is 7.82. The Hall–Kier alpha value is -1.58. The lowest BCUT2D eigenvalue weighted by atomic mass is 9.96. The highest BCUT2D eigenvalue weighted by Gasteiger charge is 2.63. The van der Waals surface area contributed by atoms with Gasteiger partial charge in [0.25, 0.3) is 5.91 Å². The molecule has 28 heavy (non-hydrogen) atoms. The summed E-state index contributed by atoms with van der Waals surface area (Å²) in [6, 6.07) is -1.25. The van der Waals surface area contributed by atoms with Crippen LogP contribution in [0.25, 0.3) is 10.4 Å². The van der Waals surface area contributed by atoms with E-state index < -0.39 is 22.8 Å². The largest absolute Gasteiger partial charge is 0.480 e. The number of β-lactam (4-membered cyclic amide) rings is 1. The highest BCUT2D eigenvalue weighted by Crippen LogP contribution is 2.51. The first-order valence-corrected chi connectivity index (χ1v) is 11.5. The Balaban J connectivity index is 1.44. The van der Waals surface area contributed by atoms with Gasteiger partial charge in [-0.3, -0.25) is 9.79 Å². The molecule has 0 radical (unpaired) electrons. The van der Waals surface area contributed by atoms with Crippen LogP contribution in [0.5, 0.6) is 0 Å². The number of fused-ring (bicyclic) bond motifs is 1. The third kappa shape index (κ3) is 4.36. The van der Waals surface area contributed by atoms with Crippen LogP contribution in [-0.4, -0.2) is 86.5 Å². The average Bonchev–Trinajstić information content (AvgIpc) is 2.91. The Morgan fingerprint density at radius 3 is 2.82 bits per heavy atom. The number of thioether (sulfide) groups is 2. The zero-order valence-electron chi connectivity index (χ0n) is 16.1. The van der Waals surface area contributed by atoms with E-state index in [0.717, 1.165) is 37.4 Å². The van der Waals surface area contributed by atoms with Gasteiger partial charge in [-0.05, 0) is 49.6 Å². The van der Waals surface area contributed by atoms with E-state index in [2.05, 4.69) is 19.9 Å². The van der Waals surface area contributed by atoms with Crippen LogP contribution >= 0.6 is 23.5 Å². The smallest absolute Gasteiger partial charge is 0.327 e. The number of piperidine rings is 1. The molecule has 0 aliphatic carbocycles. The normalized spacial score (nSPS) is 29.5. The van der Waals surface area contributed by atoms with Gasteiger partial charge in [0.15, 0.2) is 6.04 Å². The van der Waals surface area contributed by atoms with Crippen LogP contribution in [0, 0.1) is 5.92 Å². The van der Waals surface area contributed by atoms with Gasteiger partial charge in [-0.15, -0.1) is 11.8 Å². The van der Waals surface area contributed by atoms with Gasteiger partial charge in [0, 0.05) is 29.3 Å². The molecule has 3 aliphatic rings. The van der Waals surface area contributed by atoms with E-state index in [1.807, 2.05) is 25.6 Å². The van der Waals surface area contributed by atoms with Crippen molar-refractivity contribution < 1.29 is 14.7 Å². The quantitative estimate of drug-likeness (QED) is 0.121. The molecular formula is C17H26N6O3S2. The van der Waals surface area contributed by atoms with Crippen LogP contribution in [-0.2, 0) is 9.59 Å². The maximum absolute atomic E-state index is 12.4. The fourth-order valence-corrected chi connectivity index (χ4v) is 6.60. The Bertz CT molecular complexity index is 688. The van der Waals surface area contributed by atoms with Gasteiger partial charge in [0.1, 0.15) is 11.4 Å². The number of aliphatic carboxylic acids is 1. The molecule has 0 aromatic carbocycles. The molecule has 3 atom stereocenters. The fraction of sp³-hybridized carbons (Fsp3) is 0.824. The van der Waals surface area contributed by atoms with Gasteiger partial charge in [0.2, 0.25) is 0 Å². The number of nitrogens with zero attached hydrogens (tertiary/aromatic N) is 6. The number of carbonyl (C=O) groups excluding carboxylic acids is 1. The SMILES string of the molecule is CC1(C)S[C@@H]2[C@H](N=CN3CCC(CSCCN=[N+]=[N-])CC3)C(=O)N2[C@H]1C(=O)O. The van der Waals surface area contributed by atoms with E-state index in [9.17, 15) is 14.7 Å². The topological polar surface area (TPSA) is 122 Å². The zero-order valence-corrected chi connectivity index (χ0v) is 17.7. The fourth-order valence-electron chi connectivity index (χ4n) is 3.93. The van der Waals surface area contributed by atoms with E-state index in [0.29, 0.717) is 12.5 Å². The second-order valence-corrected chi connectivity index (χ2v) is 10.7. The minimum absolute atomic E-state index is 0.176. The highest BCUT2D eigenvalue weighted by molar-refractivity contribution is 8.01. The number of hydrogen-bond donors (Lipinski definition) is 1. The molecule has 0 spiro atoms. The first-order valence-electron chi connectivity index (χ1n) is 9.44. The van der Waals surface area contributed by atoms with Gasteiger partial charge in [-0.2, -0.15) is 11.8 Å². The average molecular weight is 427 g/mol. The lowest BCUT2D eigenvalue weighted by molar-refractivity contribution is -0.158. The Kier molecular flexibility index (Phi) is 6.67. The van der Waals surface area contributed by atoms with Gasteiger partial charge in [0.05, 0.1) is 6.34 Å². The standard InChI is InChI=1S/C17H26N6O3S2/c1-17(2)13(16(25)26)23-14(24)12(15(23)28-17)19-10-22-6-3-11(4-7-22)9-27-8-5-20-21-18/h10-13,15H,3-9H2,1-2H3,(H,25,26)/t12-,13+,15-/m1/s1. The summed E-state index contributed by atoms with van der Waals surface area (Å²) in [6.07, 6.45) is 3.95. The number of aliphatic imine (C=N–C) groups is 1. The molecule has 1 amide bonds. The number of amides is 1. The third-order valence-corrected chi connectivity index (χ3v) is 8.17. The molecule has 11 heteroatoms.